The summed E-state index contributed by atoms with van der Waals surface area (Å²) in [6.07, 6.45) is 1.44. The molecule has 0 unspecified atom stereocenters. The summed E-state index contributed by atoms with van der Waals surface area (Å²) in [6, 6.07) is 10.7. The summed E-state index contributed by atoms with van der Waals surface area (Å²) in [7, 11) is 7.46. The number of nitrogens with zero attached hydrogens (tertiary/aromatic N) is 2. The van der Waals surface area contributed by atoms with Gasteiger partial charge >= 0.3 is 0 Å². The molecule has 288 valence electrons. The molecule has 0 aromatic heterocycles. The lowest BCUT2D eigenvalue weighted by molar-refractivity contribution is -0.183. The van der Waals surface area contributed by atoms with Crippen LogP contribution in [0.4, 0.5) is 5.69 Å². The van der Waals surface area contributed by atoms with Crippen molar-refractivity contribution < 1.29 is 29.4 Å². The maximum atomic E-state index is 14.2. The van der Waals surface area contributed by atoms with Gasteiger partial charge in [0.25, 0.3) is 5.91 Å². The van der Waals surface area contributed by atoms with Crippen LogP contribution in [0.3, 0.4) is 0 Å². The fourth-order valence-electron chi connectivity index (χ4n) is 9.19. The molecular formula is C41H63N5O6. The fourth-order valence-corrected chi connectivity index (χ4v) is 9.19. The van der Waals surface area contributed by atoms with Gasteiger partial charge in [-0.05, 0) is 86.7 Å². The van der Waals surface area contributed by atoms with Crippen molar-refractivity contribution in [3.8, 4) is 16.9 Å². The van der Waals surface area contributed by atoms with E-state index < -0.39 is 24.2 Å². The van der Waals surface area contributed by atoms with Gasteiger partial charge in [-0.2, -0.15) is 5.06 Å². The maximum Gasteiger partial charge on any atom is 0.251 e. The molecule has 4 aliphatic rings. The Labute approximate surface area is 310 Å². The van der Waals surface area contributed by atoms with E-state index >= 15 is 0 Å². The van der Waals surface area contributed by atoms with Crippen LogP contribution in [0.15, 0.2) is 36.4 Å². The van der Waals surface area contributed by atoms with Crippen molar-refractivity contribution in [1.29, 1.82) is 0 Å². The maximum absolute atomic E-state index is 14.2. The number of ether oxygens (including phenoxy) is 1. The molecule has 52 heavy (non-hydrogen) atoms. The van der Waals surface area contributed by atoms with Crippen molar-refractivity contribution >= 4 is 17.5 Å². The fraction of sp³-hybridized carbons (Fsp3) is 0.659. The first-order valence-corrected chi connectivity index (χ1v) is 19.1. The van der Waals surface area contributed by atoms with Crippen LogP contribution in [0.2, 0.25) is 0 Å². The van der Waals surface area contributed by atoms with Crippen molar-refractivity contribution in [3.05, 3.63) is 47.5 Å². The number of likely N-dealkylation sites (N-methyl/N-ethyl adjacent to an activating group) is 1. The van der Waals surface area contributed by atoms with E-state index in [9.17, 15) is 19.8 Å². The molecule has 2 amide bonds. The average Bonchev–Trinajstić information content (AvgIpc) is 3.49. The lowest BCUT2D eigenvalue weighted by Crippen LogP contribution is -2.62. The Balaban J connectivity index is 1.44. The number of anilines is 1. The van der Waals surface area contributed by atoms with Crippen molar-refractivity contribution in [2.45, 2.75) is 97.7 Å². The van der Waals surface area contributed by atoms with Crippen LogP contribution in [-0.2, 0) is 16.2 Å². The Morgan fingerprint density at radius 2 is 1.88 bits per heavy atom. The Bertz CT molecular complexity index is 1560. The van der Waals surface area contributed by atoms with Gasteiger partial charge in [-0.3, -0.25) is 14.4 Å². The Morgan fingerprint density at radius 3 is 2.46 bits per heavy atom. The monoisotopic (exact) mass is 721 g/mol. The number of hydrogen-bond donors (Lipinski definition) is 5. The molecule has 0 spiro atoms. The number of amides is 2. The normalized spacial score (nSPS) is 28.4. The molecule has 5 N–H and O–H groups in total. The second-order valence-electron chi connectivity index (χ2n) is 16.5. The van der Waals surface area contributed by atoms with Gasteiger partial charge in [0.1, 0.15) is 17.9 Å². The summed E-state index contributed by atoms with van der Waals surface area (Å²) >= 11 is 0. The number of benzene rings is 2. The predicted molar refractivity (Wildman–Crippen MR) is 205 cm³/mol. The van der Waals surface area contributed by atoms with Crippen LogP contribution in [0, 0.1) is 35.0 Å². The highest BCUT2D eigenvalue weighted by Gasteiger charge is 2.57. The first kappa shape index (κ1) is 40.0. The van der Waals surface area contributed by atoms with Crippen molar-refractivity contribution in [1.82, 2.24) is 20.6 Å². The molecule has 3 aliphatic carbocycles. The number of carbonyl (C=O) groups excluding carboxylic acids is 2. The molecular weight excluding hydrogens is 658 g/mol. The Morgan fingerprint density at radius 1 is 1.15 bits per heavy atom. The van der Waals surface area contributed by atoms with Crippen LogP contribution in [0.5, 0.6) is 5.75 Å². The van der Waals surface area contributed by atoms with Gasteiger partial charge in [0.15, 0.2) is 0 Å². The minimum absolute atomic E-state index is 0.00951. The zero-order valence-corrected chi connectivity index (χ0v) is 32.9. The molecule has 0 radical (unpaired) electrons. The van der Waals surface area contributed by atoms with Crippen LogP contribution < -0.4 is 20.7 Å². The van der Waals surface area contributed by atoms with E-state index in [1.54, 1.807) is 19.1 Å². The molecule has 6 rings (SSSR count). The summed E-state index contributed by atoms with van der Waals surface area (Å²) in [5.41, 5.74) is 3.94. The van der Waals surface area contributed by atoms with Gasteiger partial charge < -0.3 is 35.8 Å². The number of fused-ring (bicyclic) bond motifs is 2. The number of hydrogen-bond acceptors (Lipinski definition) is 9. The van der Waals surface area contributed by atoms with Gasteiger partial charge in [-0.1, -0.05) is 59.2 Å². The molecule has 1 aliphatic heterocycles. The summed E-state index contributed by atoms with van der Waals surface area (Å²) in [4.78, 5) is 36.3. The first-order chi connectivity index (χ1) is 24.6. The van der Waals surface area contributed by atoms with E-state index in [1.165, 1.54) is 6.42 Å². The number of hydroxylamine groups is 2. The van der Waals surface area contributed by atoms with Crippen LogP contribution >= 0.6 is 0 Å². The van der Waals surface area contributed by atoms with Crippen LogP contribution in [-0.4, -0.2) is 104 Å². The Kier molecular flexibility index (Phi) is 12.6. The highest BCUT2D eigenvalue weighted by atomic mass is 16.7. The summed E-state index contributed by atoms with van der Waals surface area (Å²) in [5, 5.41) is 32.7. The lowest BCUT2D eigenvalue weighted by atomic mass is 9.45. The third-order valence-corrected chi connectivity index (χ3v) is 12.7. The lowest BCUT2D eigenvalue weighted by Gasteiger charge is -2.62. The van der Waals surface area contributed by atoms with E-state index in [0.717, 1.165) is 41.8 Å². The van der Waals surface area contributed by atoms with Crippen molar-refractivity contribution in [2.24, 2.45) is 35.0 Å². The third-order valence-electron chi connectivity index (χ3n) is 12.7. The molecule has 11 nitrogen and oxygen atoms in total. The number of aliphatic hydroxyl groups excluding tert-OH is 2. The zero-order chi connectivity index (χ0) is 38.1. The average molecular weight is 722 g/mol. The Hall–Kier alpha value is -3.22. The highest BCUT2D eigenvalue weighted by molar-refractivity contribution is 5.97. The predicted octanol–water partition coefficient (Wildman–Crippen LogP) is 4.77. The van der Waals surface area contributed by atoms with E-state index in [2.05, 4.69) is 55.5 Å². The van der Waals surface area contributed by atoms with Gasteiger partial charge in [-0.15, -0.1) is 0 Å². The second-order valence-corrected chi connectivity index (χ2v) is 16.5. The molecule has 2 bridgehead atoms. The second kappa shape index (κ2) is 16.4. The molecule has 4 fully saturated rings. The van der Waals surface area contributed by atoms with E-state index in [0.29, 0.717) is 35.0 Å². The molecule has 1 saturated heterocycles. The van der Waals surface area contributed by atoms with E-state index in [1.807, 2.05) is 57.5 Å². The third kappa shape index (κ3) is 7.99. The quantitative estimate of drug-likeness (QED) is 0.176. The molecule has 11 heteroatoms. The summed E-state index contributed by atoms with van der Waals surface area (Å²) in [5.74, 6) is 1.38. The highest BCUT2D eigenvalue weighted by Crippen LogP contribution is 2.61. The van der Waals surface area contributed by atoms with Gasteiger partial charge in [-0.25, -0.2) is 0 Å². The minimum Gasteiger partial charge on any atom is -0.496 e. The molecule has 10 atom stereocenters. The van der Waals surface area contributed by atoms with Gasteiger partial charge in [0.2, 0.25) is 5.91 Å². The number of rotatable bonds is 15. The van der Waals surface area contributed by atoms with Crippen LogP contribution in [0.1, 0.15) is 76.7 Å². The molecule has 2 aromatic carbocycles. The molecule has 3 saturated carbocycles. The SMILES string of the molecule is CC[C@H](C)[C@@H](CN(C)C)NC(=O)c1cc(NC)cc(-c2cccc(CN3O[C@@H](CO)[C@@H]([C@H](C)O)[C@H]3C(=O)N[C@H]3C[C@H]4C[C@H]([C@@H]3C)C4(C)C)c2OC)c1. The smallest absolute Gasteiger partial charge is 0.251 e. The number of methoxy groups -OCH3 is 1. The van der Waals surface area contributed by atoms with E-state index in [-0.39, 0.29) is 42.5 Å². The number of nitrogens with one attached hydrogen (secondary N) is 3. The minimum atomic E-state index is -0.895. The van der Waals surface area contributed by atoms with E-state index in [4.69, 9.17) is 9.57 Å². The number of para-hydroxylation sites is 1. The standard InChI is InChI=1S/C41H63N5O6/c1-11-23(2)34(21-45(8)9)44-39(49)28-15-27(16-30(17-28)42-7)31-14-12-13-26(38(31)51-10)20-46-37(36(25(4)48)35(22-47)52-46)40(50)43-33-19-29-18-32(24(33)3)41(29,5)6/h12-17,23-25,29,32-37,42,47-48H,11,18-22H2,1-10H3,(H,43,50)(H,44,49)/t23-,24-,25-,29+,32+,33-,34+,35-,36+,37-/m0/s1. The summed E-state index contributed by atoms with van der Waals surface area (Å²) < 4.78 is 6.06. The zero-order valence-electron chi connectivity index (χ0n) is 32.9. The topological polar surface area (TPSA) is 136 Å². The molecule has 2 aromatic rings. The number of carbonyl (C=O) groups is 2. The largest absolute Gasteiger partial charge is 0.496 e. The van der Waals surface area contributed by atoms with Crippen LogP contribution in [0.25, 0.3) is 11.1 Å². The number of aliphatic hydroxyl groups is 2. The van der Waals surface area contributed by atoms with Crippen molar-refractivity contribution in [2.75, 3.05) is 46.7 Å². The van der Waals surface area contributed by atoms with Gasteiger partial charge in [0.05, 0.1) is 26.4 Å². The first-order valence-electron chi connectivity index (χ1n) is 19.1. The van der Waals surface area contributed by atoms with Gasteiger partial charge in [0, 0.05) is 54.0 Å². The van der Waals surface area contributed by atoms with Crippen molar-refractivity contribution in [3.63, 3.8) is 0 Å². The summed E-state index contributed by atoms with van der Waals surface area (Å²) in [6.45, 7) is 13.4. The molecule has 1 heterocycles.